The number of nitrogens with zero attached hydrogens (tertiary/aromatic N) is 1. The number of carbonyl (C=O) groups is 1. The van der Waals surface area contributed by atoms with E-state index in [-0.39, 0.29) is 12.4 Å². The van der Waals surface area contributed by atoms with Crippen LogP contribution in [0.25, 0.3) is 0 Å². The first-order valence-electron chi connectivity index (χ1n) is 6.58. The summed E-state index contributed by atoms with van der Waals surface area (Å²) in [5.41, 5.74) is 1.68. The van der Waals surface area contributed by atoms with Gasteiger partial charge in [-0.3, -0.25) is 9.69 Å². The summed E-state index contributed by atoms with van der Waals surface area (Å²) < 4.78 is 11.0. The number of ether oxygens (including phenoxy) is 2. The number of nitrogens with one attached hydrogen (secondary N) is 1. The minimum atomic E-state index is 0.0548. The van der Waals surface area contributed by atoms with E-state index in [4.69, 9.17) is 9.47 Å². The maximum absolute atomic E-state index is 11.7. The van der Waals surface area contributed by atoms with Gasteiger partial charge in [0, 0.05) is 32.7 Å². The van der Waals surface area contributed by atoms with Crippen LogP contribution in [0.2, 0.25) is 0 Å². The fraction of sp³-hybridized carbons (Fsp3) is 0.500. The molecule has 0 unspecified atom stereocenters. The van der Waals surface area contributed by atoms with E-state index in [0.29, 0.717) is 11.3 Å². The summed E-state index contributed by atoms with van der Waals surface area (Å²) in [6.45, 7) is 4.91. The van der Waals surface area contributed by atoms with Crippen molar-refractivity contribution in [1.29, 1.82) is 0 Å². The van der Waals surface area contributed by atoms with Crippen LogP contribution in [-0.4, -0.2) is 50.6 Å². The Labute approximate surface area is 112 Å². The molecule has 0 bridgehead atoms. The summed E-state index contributed by atoms with van der Waals surface area (Å²) in [7, 11) is 1.65. The highest BCUT2D eigenvalue weighted by Crippen LogP contribution is 2.36. The molecule has 2 aliphatic rings. The molecule has 0 aliphatic carbocycles. The quantitative estimate of drug-likeness (QED) is 0.868. The molecule has 3 rings (SSSR count). The first-order valence-corrected chi connectivity index (χ1v) is 6.58. The highest BCUT2D eigenvalue weighted by Gasteiger charge is 2.27. The van der Waals surface area contributed by atoms with Crippen LogP contribution >= 0.6 is 0 Å². The average molecular weight is 262 g/mol. The van der Waals surface area contributed by atoms with Crippen molar-refractivity contribution in [2.24, 2.45) is 0 Å². The lowest BCUT2D eigenvalue weighted by Crippen LogP contribution is -2.43. The monoisotopic (exact) mass is 262 g/mol. The van der Waals surface area contributed by atoms with Gasteiger partial charge in [-0.1, -0.05) is 0 Å². The normalized spacial score (nSPS) is 19.1. The number of methoxy groups -OCH3 is 1. The van der Waals surface area contributed by atoms with Gasteiger partial charge < -0.3 is 14.8 Å². The minimum absolute atomic E-state index is 0.0548. The number of Topliss-reactive ketones (excluding diaryl/α,β-unsaturated/α-hetero) is 1. The second kappa shape index (κ2) is 5.19. The Morgan fingerprint density at radius 3 is 2.89 bits per heavy atom. The summed E-state index contributed by atoms with van der Waals surface area (Å²) in [4.78, 5) is 14.1. The molecule has 0 atom stereocenters. The van der Waals surface area contributed by atoms with Crippen molar-refractivity contribution in [2.75, 3.05) is 39.9 Å². The van der Waals surface area contributed by atoms with Gasteiger partial charge in [-0.05, 0) is 12.1 Å². The molecule has 19 heavy (non-hydrogen) atoms. The van der Waals surface area contributed by atoms with Gasteiger partial charge in [-0.25, -0.2) is 0 Å². The molecule has 2 heterocycles. The Bertz CT molecular complexity index is 496. The maximum atomic E-state index is 11.7. The zero-order valence-electron chi connectivity index (χ0n) is 11.1. The number of fused-ring (bicyclic) bond motifs is 1. The van der Waals surface area contributed by atoms with Gasteiger partial charge in [0.15, 0.2) is 6.61 Å². The van der Waals surface area contributed by atoms with Crippen LogP contribution in [0.1, 0.15) is 15.9 Å². The molecule has 1 saturated heterocycles. The number of benzene rings is 1. The summed E-state index contributed by atoms with van der Waals surface area (Å²) in [5.74, 6) is 1.56. The smallest absolute Gasteiger partial charge is 0.203 e. The summed E-state index contributed by atoms with van der Waals surface area (Å²) >= 11 is 0. The second-order valence-corrected chi connectivity index (χ2v) is 4.86. The van der Waals surface area contributed by atoms with Gasteiger partial charge in [0.05, 0.1) is 18.2 Å². The first kappa shape index (κ1) is 12.4. The van der Waals surface area contributed by atoms with E-state index in [9.17, 15) is 4.79 Å². The highest BCUT2D eigenvalue weighted by molar-refractivity contribution is 6.03. The number of ketones is 1. The Kier molecular flexibility index (Phi) is 3.40. The lowest BCUT2D eigenvalue weighted by atomic mass is 10.1. The SMILES string of the molecule is COc1ccc2c(c1CN1CCNCC1)OCC2=O. The zero-order valence-corrected chi connectivity index (χ0v) is 11.1. The summed E-state index contributed by atoms with van der Waals surface area (Å²) in [6.07, 6.45) is 0. The van der Waals surface area contributed by atoms with E-state index in [0.717, 1.165) is 44.0 Å². The Balaban J connectivity index is 1.91. The number of rotatable bonds is 3. The molecule has 1 aromatic rings. The second-order valence-electron chi connectivity index (χ2n) is 4.86. The molecule has 0 saturated carbocycles. The molecule has 1 N–H and O–H groups in total. The minimum Gasteiger partial charge on any atom is -0.496 e. The molecule has 0 amide bonds. The van der Waals surface area contributed by atoms with E-state index in [1.54, 1.807) is 13.2 Å². The molecular formula is C14H18N2O3. The van der Waals surface area contributed by atoms with Crippen molar-refractivity contribution in [3.8, 4) is 11.5 Å². The fourth-order valence-corrected chi connectivity index (χ4v) is 2.64. The Morgan fingerprint density at radius 2 is 2.16 bits per heavy atom. The third-order valence-electron chi connectivity index (χ3n) is 3.68. The van der Waals surface area contributed by atoms with Crippen LogP contribution in [0, 0.1) is 0 Å². The third kappa shape index (κ3) is 2.31. The van der Waals surface area contributed by atoms with Crippen molar-refractivity contribution in [3.63, 3.8) is 0 Å². The van der Waals surface area contributed by atoms with Gasteiger partial charge in [0.25, 0.3) is 0 Å². The number of carbonyl (C=O) groups excluding carboxylic acids is 1. The maximum Gasteiger partial charge on any atom is 0.203 e. The lowest BCUT2D eigenvalue weighted by molar-refractivity contribution is 0.0960. The van der Waals surface area contributed by atoms with E-state index in [1.165, 1.54) is 0 Å². The van der Waals surface area contributed by atoms with Crippen molar-refractivity contribution in [2.45, 2.75) is 6.54 Å². The summed E-state index contributed by atoms with van der Waals surface area (Å²) in [6, 6.07) is 3.66. The molecule has 102 valence electrons. The van der Waals surface area contributed by atoms with Gasteiger partial charge >= 0.3 is 0 Å². The summed E-state index contributed by atoms with van der Waals surface area (Å²) in [5, 5.41) is 3.33. The van der Waals surface area contributed by atoms with Gasteiger partial charge in [0.2, 0.25) is 5.78 Å². The molecule has 2 aliphatic heterocycles. The van der Waals surface area contributed by atoms with Crippen molar-refractivity contribution in [3.05, 3.63) is 23.3 Å². The van der Waals surface area contributed by atoms with Gasteiger partial charge in [-0.15, -0.1) is 0 Å². The topological polar surface area (TPSA) is 50.8 Å². The molecule has 0 radical (unpaired) electrons. The van der Waals surface area contributed by atoms with Crippen LogP contribution in [0.3, 0.4) is 0 Å². The average Bonchev–Trinajstić information content (AvgIpc) is 2.82. The van der Waals surface area contributed by atoms with Crippen LogP contribution in [0.5, 0.6) is 11.5 Å². The zero-order chi connectivity index (χ0) is 13.2. The fourth-order valence-electron chi connectivity index (χ4n) is 2.64. The molecule has 1 fully saturated rings. The highest BCUT2D eigenvalue weighted by atomic mass is 16.5. The van der Waals surface area contributed by atoms with Crippen molar-refractivity contribution in [1.82, 2.24) is 10.2 Å². The van der Waals surface area contributed by atoms with Crippen molar-refractivity contribution < 1.29 is 14.3 Å². The predicted molar refractivity (Wildman–Crippen MR) is 71.0 cm³/mol. The molecule has 5 heteroatoms. The van der Waals surface area contributed by atoms with Gasteiger partial charge in [-0.2, -0.15) is 0 Å². The Hall–Kier alpha value is -1.59. The Morgan fingerprint density at radius 1 is 1.37 bits per heavy atom. The van der Waals surface area contributed by atoms with Gasteiger partial charge in [0.1, 0.15) is 11.5 Å². The predicted octanol–water partition coefficient (Wildman–Crippen LogP) is 0.675. The van der Waals surface area contributed by atoms with E-state index in [2.05, 4.69) is 10.2 Å². The first-order chi connectivity index (χ1) is 9.29. The molecule has 0 aromatic heterocycles. The van der Waals surface area contributed by atoms with Crippen LogP contribution in [-0.2, 0) is 6.54 Å². The molecular weight excluding hydrogens is 244 g/mol. The molecule has 5 nitrogen and oxygen atoms in total. The largest absolute Gasteiger partial charge is 0.496 e. The number of hydrogen-bond donors (Lipinski definition) is 1. The lowest BCUT2D eigenvalue weighted by Gasteiger charge is -2.28. The van der Waals surface area contributed by atoms with E-state index < -0.39 is 0 Å². The van der Waals surface area contributed by atoms with E-state index >= 15 is 0 Å². The standard InChI is InChI=1S/C14H18N2O3/c1-18-13-3-2-10-12(17)9-19-14(10)11(13)8-16-6-4-15-5-7-16/h2-3,15H,4-9H2,1H3. The van der Waals surface area contributed by atoms with Crippen LogP contribution in [0.15, 0.2) is 12.1 Å². The third-order valence-corrected chi connectivity index (χ3v) is 3.68. The van der Waals surface area contributed by atoms with E-state index in [1.807, 2.05) is 6.07 Å². The number of hydrogen-bond acceptors (Lipinski definition) is 5. The van der Waals surface area contributed by atoms with Crippen molar-refractivity contribution >= 4 is 5.78 Å². The number of piperazine rings is 1. The van der Waals surface area contributed by atoms with Crippen LogP contribution in [0.4, 0.5) is 0 Å². The van der Waals surface area contributed by atoms with Crippen LogP contribution < -0.4 is 14.8 Å². The molecule has 1 aromatic carbocycles. The molecule has 0 spiro atoms.